The molecule has 0 amide bonds. The summed E-state index contributed by atoms with van der Waals surface area (Å²) in [5.41, 5.74) is 1.13. The minimum atomic E-state index is 0.561. The molecule has 5 nitrogen and oxygen atoms in total. The van der Waals surface area contributed by atoms with E-state index < -0.39 is 0 Å². The lowest BCUT2D eigenvalue weighted by Gasteiger charge is -2.30. The van der Waals surface area contributed by atoms with Crippen LogP contribution in [0.15, 0.2) is 30.5 Å². The first-order valence-corrected chi connectivity index (χ1v) is 8.01. The summed E-state index contributed by atoms with van der Waals surface area (Å²) in [6.07, 6.45) is 4.15. The maximum Gasteiger partial charge on any atom is 0.244 e. The molecule has 6 heteroatoms. The van der Waals surface area contributed by atoms with Gasteiger partial charge in [-0.05, 0) is 36.5 Å². The zero-order valence-electron chi connectivity index (χ0n) is 12.7. The molecule has 0 saturated carbocycles. The zero-order chi connectivity index (χ0) is 15.4. The van der Waals surface area contributed by atoms with Crippen LogP contribution in [0.2, 0.25) is 5.02 Å². The van der Waals surface area contributed by atoms with Gasteiger partial charge in [0, 0.05) is 24.7 Å². The molecule has 0 radical (unpaired) electrons. The molecular weight excluding hydrogens is 298 g/mol. The molecule has 22 heavy (non-hydrogen) atoms. The van der Waals surface area contributed by atoms with Crippen molar-refractivity contribution in [2.75, 3.05) is 23.3 Å². The predicted octanol–water partition coefficient (Wildman–Crippen LogP) is 3.37. The van der Waals surface area contributed by atoms with Crippen LogP contribution in [0.3, 0.4) is 0 Å². The molecule has 1 saturated heterocycles. The molecule has 0 unspecified atom stereocenters. The van der Waals surface area contributed by atoms with Crippen molar-refractivity contribution >= 4 is 23.4 Å². The van der Waals surface area contributed by atoms with Crippen molar-refractivity contribution in [3.05, 3.63) is 41.0 Å². The van der Waals surface area contributed by atoms with Crippen LogP contribution >= 0.6 is 11.6 Å². The van der Waals surface area contributed by atoms with Crippen molar-refractivity contribution in [1.82, 2.24) is 15.2 Å². The minimum Gasteiger partial charge on any atom is -0.355 e. The molecule has 1 aromatic carbocycles. The Balaban J connectivity index is 1.62. The number of benzene rings is 1. The first-order valence-electron chi connectivity index (χ1n) is 7.64. The fraction of sp³-hybridized carbons (Fsp3) is 0.438. The highest BCUT2D eigenvalue weighted by atomic mass is 35.5. The van der Waals surface area contributed by atoms with Gasteiger partial charge in [-0.25, -0.2) is 0 Å². The number of halogens is 1. The fourth-order valence-corrected chi connectivity index (χ4v) is 2.67. The lowest BCUT2D eigenvalue weighted by molar-refractivity contribution is 0.436. The van der Waals surface area contributed by atoms with Crippen molar-refractivity contribution in [2.24, 2.45) is 5.92 Å². The average molecular weight is 318 g/mol. The molecular formula is C16H20ClN5. The number of anilines is 2. The van der Waals surface area contributed by atoms with E-state index in [0.717, 1.165) is 35.4 Å². The molecule has 0 aliphatic carbocycles. The van der Waals surface area contributed by atoms with Gasteiger partial charge in [0.1, 0.15) is 0 Å². The van der Waals surface area contributed by atoms with Gasteiger partial charge in [0.15, 0.2) is 5.82 Å². The largest absolute Gasteiger partial charge is 0.355 e. The summed E-state index contributed by atoms with van der Waals surface area (Å²) in [7, 11) is 0. The highest BCUT2D eigenvalue weighted by Crippen LogP contribution is 2.21. The van der Waals surface area contributed by atoms with Gasteiger partial charge in [-0.15, -0.1) is 5.10 Å². The van der Waals surface area contributed by atoms with E-state index in [0.29, 0.717) is 12.5 Å². The van der Waals surface area contributed by atoms with Gasteiger partial charge in [0.25, 0.3) is 0 Å². The van der Waals surface area contributed by atoms with Crippen LogP contribution in [0, 0.1) is 5.92 Å². The van der Waals surface area contributed by atoms with Crippen LogP contribution in [0.25, 0.3) is 0 Å². The second-order valence-corrected chi connectivity index (χ2v) is 6.22. The van der Waals surface area contributed by atoms with Crippen molar-refractivity contribution in [3.63, 3.8) is 0 Å². The predicted molar refractivity (Wildman–Crippen MR) is 89.2 cm³/mol. The van der Waals surface area contributed by atoms with Crippen LogP contribution < -0.4 is 10.2 Å². The minimum absolute atomic E-state index is 0.561. The molecule has 1 N–H and O–H groups in total. The van der Waals surface area contributed by atoms with Gasteiger partial charge >= 0.3 is 0 Å². The standard InChI is InChI=1S/C16H20ClN5/c1-12-6-8-22(9-7-12)15-11-19-21-16(20-15)18-10-13-2-4-14(17)5-3-13/h2-5,11-12H,6-10H2,1H3,(H,18,20,21). The van der Waals surface area contributed by atoms with Crippen LogP contribution in [0.5, 0.6) is 0 Å². The normalized spacial score (nSPS) is 15.8. The smallest absolute Gasteiger partial charge is 0.244 e. The van der Waals surface area contributed by atoms with E-state index >= 15 is 0 Å². The summed E-state index contributed by atoms with van der Waals surface area (Å²) in [5.74, 6) is 2.26. The molecule has 2 aromatic rings. The van der Waals surface area contributed by atoms with E-state index in [2.05, 4.69) is 32.3 Å². The summed E-state index contributed by atoms with van der Waals surface area (Å²) < 4.78 is 0. The molecule has 0 bridgehead atoms. The van der Waals surface area contributed by atoms with E-state index in [1.54, 1.807) is 6.20 Å². The second kappa shape index (κ2) is 6.92. The number of nitrogens with one attached hydrogen (secondary N) is 1. The molecule has 116 valence electrons. The Morgan fingerprint density at radius 2 is 1.95 bits per heavy atom. The Bertz CT molecular complexity index is 608. The monoisotopic (exact) mass is 317 g/mol. The Labute approximate surface area is 135 Å². The van der Waals surface area contributed by atoms with Crippen LogP contribution in [-0.4, -0.2) is 28.3 Å². The molecule has 0 atom stereocenters. The van der Waals surface area contributed by atoms with Crippen molar-refractivity contribution < 1.29 is 0 Å². The van der Waals surface area contributed by atoms with Crippen LogP contribution in [0.1, 0.15) is 25.3 Å². The Morgan fingerprint density at radius 1 is 1.23 bits per heavy atom. The van der Waals surface area contributed by atoms with Gasteiger partial charge in [-0.1, -0.05) is 30.7 Å². The first-order chi connectivity index (χ1) is 10.7. The zero-order valence-corrected chi connectivity index (χ0v) is 13.4. The van der Waals surface area contributed by atoms with Crippen molar-refractivity contribution in [1.29, 1.82) is 0 Å². The highest BCUT2D eigenvalue weighted by Gasteiger charge is 2.17. The Morgan fingerprint density at radius 3 is 2.68 bits per heavy atom. The lowest BCUT2D eigenvalue weighted by atomic mass is 9.99. The average Bonchev–Trinajstić information content (AvgIpc) is 2.55. The molecule has 1 aliphatic rings. The summed E-state index contributed by atoms with van der Waals surface area (Å²) in [4.78, 5) is 6.85. The molecule has 1 fully saturated rings. The lowest BCUT2D eigenvalue weighted by Crippen LogP contribution is -2.33. The molecule has 3 rings (SSSR count). The maximum atomic E-state index is 5.89. The summed E-state index contributed by atoms with van der Waals surface area (Å²) in [5, 5.41) is 12.1. The van der Waals surface area contributed by atoms with E-state index in [4.69, 9.17) is 11.6 Å². The van der Waals surface area contributed by atoms with Crippen molar-refractivity contribution in [2.45, 2.75) is 26.3 Å². The van der Waals surface area contributed by atoms with Crippen molar-refractivity contribution in [3.8, 4) is 0 Å². The Kier molecular flexibility index (Phi) is 4.73. The van der Waals surface area contributed by atoms with Gasteiger partial charge in [0.05, 0.1) is 6.20 Å². The highest BCUT2D eigenvalue weighted by molar-refractivity contribution is 6.30. The summed E-state index contributed by atoms with van der Waals surface area (Å²) >= 11 is 5.89. The third-order valence-corrected chi connectivity index (χ3v) is 4.27. The Hall–Kier alpha value is -1.88. The van der Waals surface area contributed by atoms with E-state index in [1.165, 1.54) is 12.8 Å². The topological polar surface area (TPSA) is 53.9 Å². The number of hydrogen-bond donors (Lipinski definition) is 1. The quantitative estimate of drug-likeness (QED) is 0.937. The van der Waals surface area contributed by atoms with Crippen LogP contribution in [0.4, 0.5) is 11.8 Å². The van der Waals surface area contributed by atoms with E-state index in [1.807, 2.05) is 24.3 Å². The SMILES string of the molecule is CC1CCN(c2cnnc(NCc3ccc(Cl)cc3)n2)CC1. The molecule has 1 aliphatic heterocycles. The number of hydrogen-bond acceptors (Lipinski definition) is 5. The van der Waals surface area contributed by atoms with Gasteiger partial charge < -0.3 is 10.2 Å². The molecule has 2 heterocycles. The fourth-order valence-electron chi connectivity index (χ4n) is 2.54. The number of rotatable bonds is 4. The van der Waals surface area contributed by atoms with Gasteiger partial charge in [-0.2, -0.15) is 10.1 Å². The number of aromatic nitrogens is 3. The third kappa shape index (κ3) is 3.85. The summed E-state index contributed by atoms with van der Waals surface area (Å²) in [6, 6.07) is 7.73. The third-order valence-electron chi connectivity index (χ3n) is 4.02. The number of nitrogens with zero attached hydrogens (tertiary/aromatic N) is 4. The van der Waals surface area contributed by atoms with E-state index in [-0.39, 0.29) is 0 Å². The number of piperidine rings is 1. The molecule has 0 spiro atoms. The van der Waals surface area contributed by atoms with Crippen LogP contribution in [-0.2, 0) is 6.54 Å². The second-order valence-electron chi connectivity index (χ2n) is 5.79. The van der Waals surface area contributed by atoms with Gasteiger partial charge in [-0.3, -0.25) is 0 Å². The summed E-state index contributed by atoms with van der Waals surface area (Å²) in [6.45, 7) is 5.03. The van der Waals surface area contributed by atoms with E-state index in [9.17, 15) is 0 Å². The first kappa shape index (κ1) is 15.0. The maximum absolute atomic E-state index is 5.89. The molecule has 1 aromatic heterocycles. The van der Waals surface area contributed by atoms with Gasteiger partial charge in [0.2, 0.25) is 5.95 Å².